The predicted molar refractivity (Wildman–Crippen MR) is 84.5 cm³/mol. The lowest BCUT2D eigenvalue weighted by atomic mass is 10.1. The molecule has 5 rings (SSSR count). The van der Waals surface area contributed by atoms with Crippen LogP contribution < -0.4 is 10.1 Å². The maximum absolute atomic E-state index is 9.44. The first-order valence-corrected chi connectivity index (χ1v) is 8.60. The maximum atomic E-state index is 9.44. The van der Waals surface area contributed by atoms with Crippen molar-refractivity contribution in [2.75, 3.05) is 19.8 Å². The first kappa shape index (κ1) is 14.4. The molecule has 2 aliphatic carbocycles. The zero-order chi connectivity index (χ0) is 16.1. The quantitative estimate of drug-likeness (QED) is 0.744. The second-order valence-corrected chi connectivity index (χ2v) is 7.15. The Balaban J connectivity index is 1.43. The molecule has 2 saturated carbocycles. The molecule has 7 nitrogen and oxygen atoms in total. The van der Waals surface area contributed by atoms with Gasteiger partial charge in [-0.25, -0.2) is 0 Å². The van der Waals surface area contributed by atoms with Gasteiger partial charge in [0.25, 0.3) is 5.89 Å². The fourth-order valence-electron chi connectivity index (χ4n) is 2.85. The van der Waals surface area contributed by atoms with E-state index in [0.717, 1.165) is 12.4 Å². The first-order valence-electron chi connectivity index (χ1n) is 8.60. The first-order chi connectivity index (χ1) is 11.8. The number of ether oxygens (including phenoxy) is 1. The van der Waals surface area contributed by atoms with Crippen LogP contribution in [0.4, 0.5) is 0 Å². The summed E-state index contributed by atoms with van der Waals surface area (Å²) in [6, 6.07) is 1.93. The molecule has 0 aromatic carbocycles. The molecule has 0 bridgehead atoms. The van der Waals surface area contributed by atoms with Crippen LogP contribution in [0.1, 0.15) is 43.1 Å². The highest BCUT2D eigenvalue weighted by Crippen LogP contribution is 2.45. The van der Waals surface area contributed by atoms with E-state index in [4.69, 9.17) is 9.26 Å². The van der Waals surface area contributed by atoms with Crippen LogP contribution in [0.25, 0.3) is 11.5 Å². The molecule has 1 unspecified atom stereocenters. The topological polar surface area (TPSA) is 103 Å². The van der Waals surface area contributed by atoms with Crippen molar-refractivity contribution in [3.63, 3.8) is 0 Å². The molecule has 2 aromatic heterocycles. The minimum atomic E-state index is -0.565. The molecule has 3 aliphatic rings. The van der Waals surface area contributed by atoms with Crippen LogP contribution in [-0.4, -0.2) is 40.0 Å². The van der Waals surface area contributed by atoms with Crippen LogP contribution in [0.3, 0.4) is 0 Å². The lowest BCUT2D eigenvalue weighted by molar-refractivity contribution is 0.219. The van der Waals surface area contributed by atoms with Crippen molar-refractivity contribution in [1.29, 1.82) is 0 Å². The van der Waals surface area contributed by atoms with Crippen molar-refractivity contribution in [1.82, 2.24) is 20.4 Å². The third-order valence-electron chi connectivity index (χ3n) is 5.02. The standard InChI is InChI=1S/C17H20N4O3/c22-9-17(8-19-17)16-20-15(21-24-16)13-5-14(23-7-10-1-2-10)12(6-18-13)11-3-4-11/h5-6,10-11,19,22H,1-4,7-9H2. The van der Waals surface area contributed by atoms with Gasteiger partial charge in [0.15, 0.2) is 0 Å². The molecule has 24 heavy (non-hydrogen) atoms. The van der Waals surface area contributed by atoms with Crippen molar-refractivity contribution in [3.05, 3.63) is 23.7 Å². The third kappa shape index (κ3) is 2.57. The van der Waals surface area contributed by atoms with Crippen molar-refractivity contribution < 1.29 is 14.4 Å². The van der Waals surface area contributed by atoms with Gasteiger partial charge in [-0.2, -0.15) is 4.98 Å². The van der Waals surface area contributed by atoms with E-state index in [2.05, 4.69) is 20.4 Å². The van der Waals surface area contributed by atoms with E-state index in [9.17, 15) is 5.11 Å². The fraction of sp³-hybridized carbons (Fsp3) is 0.588. The highest BCUT2D eigenvalue weighted by atomic mass is 16.5. The van der Waals surface area contributed by atoms with Gasteiger partial charge in [-0.05, 0) is 37.5 Å². The van der Waals surface area contributed by atoms with Gasteiger partial charge in [0.05, 0.1) is 13.2 Å². The van der Waals surface area contributed by atoms with Crippen LogP contribution in [0, 0.1) is 5.92 Å². The van der Waals surface area contributed by atoms with Gasteiger partial charge in [-0.1, -0.05) is 5.16 Å². The second kappa shape index (κ2) is 5.26. The minimum Gasteiger partial charge on any atom is -0.493 e. The molecule has 2 aromatic rings. The molecular formula is C17H20N4O3. The smallest absolute Gasteiger partial charge is 0.251 e. The number of aromatic nitrogens is 3. The van der Waals surface area contributed by atoms with Gasteiger partial charge >= 0.3 is 0 Å². The third-order valence-corrected chi connectivity index (χ3v) is 5.02. The minimum absolute atomic E-state index is 0.0571. The van der Waals surface area contributed by atoms with E-state index in [0.29, 0.717) is 35.8 Å². The number of hydrogen-bond donors (Lipinski definition) is 2. The highest BCUT2D eigenvalue weighted by molar-refractivity contribution is 5.54. The zero-order valence-electron chi connectivity index (χ0n) is 13.4. The molecule has 1 aliphatic heterocycles. The summed E-state index contributed by atoms with van der Waals surface area (Å²) in [5.41, 5.74) is 1.28. The monoisotopic (exact) mass is 328 g/mol. The Labute approximate surface area is 139 Å². The summed E-state index contributed by atoms with van der Waals surface area (Å²) >= 11 is 0. The molecule has 0 spiro atoms. The number of pyridine rings is 1. The Morgan fingerprint density at radius 1 is 1.33 bits per heavy atom. The SMILES string of the molecule is OCC1(c2nc(-c3cc(OCC4CC4)c(C4CC4)cn3)no2)CN1. The largest absolute Gasteiger partial charge is 0.493 e. The summed E-state index contributed by atoms with van der Waals surface area (Å²) in [6.07, 6.45) is 6.83. The van der Waals surface area contributed by atoms with E-state index in [1.54, 1.807) is 0 Å². The Hall–Kier alpha value is -1.99. The van der Waals surface area contributed by atoms with Crippen molar-refractivity contribution in [2.45, 2.75) is 37.1 Å². The van der Waals surface area contributed by atoms with Crippen molar-refractivity contribution in [2.24, 2.45) is 5.92 Å². The van der Waals surface area contributed by atoms with Gasteiger partial charge in [0, 0.05) is 24.4 Å². The summed E-state index contributed by atoms with van der Waals surface area (Å²) < 4.78 is 11.4. The summed E-state index contributed by atoms with van der Waals surface area (Å²) in [4.78, 5) is 8.91. The number of rotatable bonds is 7. The number of hydrogen-bond acceptors (Lipinski definition) is 7. The summed E-state index contributed by atoms with van der Waals surface area (Å²) in [6.45, 7) is 1.37. The van der Waals surface area contributed by atoms with E-state index in [1.807, 2.05) is 12.3 Å². The van der Waals surface area contributed by atoms with Crippen molar-refractivity contribution >= 4 is 0 Å². The van der Waals surface area contributed by atoms with E-state index >= 15 is 0 Å². The second-order valence-electron chi connectivity index (χ2n) is 7.15. The van der Waals surface area contributed by atoms with E-state index in [-0.39, 0.29) is 6.61 Å². The van der Waals surface area contributed by atoms with E-state index in [1.165, 1.54) is 31.2 Å². The maximum Gasteiger partial charge on any atom is 0.251 e. The molecule has 0 radical (unpaired) electrons. The number of nitrogens with zero attached hydrogens (tertiary/aromatic N) is 3. The van der Waals surface area contributed by atoms with Gasteiger partial charge < -0.3 is 14.4 Å². The Bertz CT molecular complexity index is 763. The lowest BCUT2D eigenvalue weighted by Gasteiger charge is -2.11. The molecule has 126 valence electrons. The number of nitrogens with one attached hydrogen (secondary N) is 1. The van der Waals surface area contributed by atoms with E-state index < -0.39 is 5.54 Å². The molecule has 1 atom stereocenters. The molecule has 7 heteroatoms. The van der Waals surface area contributed by atoms with Gasteiger partial charge in [0.1, 0.15) is 17.0 Å². The van der Waals surface area contributed by atoms with Crippen molar-refractivity contribution in [3.8, 4) is 17.3 Å². The van der Waals surface area contributed by atoms with Gasteiger partial charge in [0.2, 0.25) is 5.82 Å². The lowest BCUT2D eigenvalue weighted by Crippen LogP contribution is -2.18. The van der Waals surface area contributed by atoms with Gasteiger partial charge in [-0.15, -0.1) is 0 Å². The normalized spacial score (nSPS) is 25.7. The molecule has 2 N–H and O–H groups in total. The molecule has 0 amide bonds. The average Bonchev–Trinajstić information content (AvgIpc) is 3.49. The average molecular weight is 328 g/mol. The van der Waals surface area contributed by atoms with Crippen LogP contribution >= 0.6 is 0 Å². The Morgan fingerprint density at radius 2 is 2.17 bits per heavy atom. The highest BCUT2D eigenvalue weighted by Gasteiger charge is 2.49. The van der Waals surface area contributed by atoms with Gasteiger partial charge in [-0.3, -0.25) is 10.3 Å². The van der Waals surface area contributed by atoms with Crippen LogP contribution in [0.2, 0.25) is 0 Å². The zero-order valence-corrected chi connectivity index (χ0v) is 13.4. The Kier molecular flexibility index (Phi) is 3.14. The number of aliphatic hydroxyl groups is 1. The number of aliphatic hydroxyl groups excluding tert-OH is 1. The Morgan fingerprint density at radius 3 is 2.83 bits per heavy atom. The summed E-state index contributed by atoms with van der Waals surface area (Å²) in [7, 11) is 0. The summed E-state index contributed by atoms with van der Waals surface area (Å²) in [5.74, 6) is 3.03. The molecule has 3 fully saturated rings. The van der Waals surface area contributed by atoms with Crippen LogP contribution in [-0.2, 0) is 5.54 Å². The predicted octanol–water partition coefficient (Wildman–Crippen LogP) is 1.59. The molecule has 1 saturated heterocycles. The molecular weight excluding hydrogens is 308 g/mol. The van der Waals surface area contributed by atoms with Crippen LogP contribution in [0.5, 0.6) is 5.75 Å². The summed E-state index contributed by atoms with van der Waals surface area (Å²) in [5, 5.41) is 16.5. The van der Waals surface area contributed by atoms with Crippen LogP contribution in [0.15, 0.2) is 16.8 Å². The fourth-order valence-corrected chi connectivity index (χ4v) is 2.85. The molecule has 3 heterocycles.